The molecule has 0 fully saturated rings. The van der Waals surface area contributed by atoms with Gasteiger partial charge in [0.15, 0.2) is 0 Å². The van der Waals surface area contributed by atoms with Crippen LogP contribution in [-0.4, -0.2) is 57.2 Å². The standard InChI is InChI=1S/C18H28N2O5/c1-6-25-18(22)12-20(10-13(2)3)11-17(21)19-15-9-14(23-4)7-8-16(15)24-5/h7-9,13H,6,10-12H2,1-5H3,(H,19,21). The minimum atomic E-state index is -0.338. The summed E-state index contributed by atoms with van der Waals surface area (Å²) in [6, 6.07) is 5.16. The zero-order valence-corrected chi connectivity index (χ0v) is 15.6. The van der Waals surface area contributed by atoms with Crippen LogP contribution in [0.4, 0.5) is 5.69 Å². The van der Waals surface area contributed by atoms with Crippen LogP contribution in [0.1, 0.15) is 20.8 Å². The first-order chi connectivity index (χ1) is 11.9. The molecular formula is C18H28N2O5. The summed E-state index contributed by atoms with van der Waals surface area (Å²) in [4.78, 5) is 25.9. The van der Waals surface area contributed by atoms with E-state index in [0.717, 1.165) is 0 Å². The lowest BCUT2D eigenvalue weighted by Gasteiger charge is -2.23. The number of carbonyl (C=O) groups is 2. The van der Waals surface area contributed by atoms with Crippen LogP contribution in [0.2, 0.25) is 0 Å². The van der Waals surface area contributed by atoms with E-state index in [-0.39, 0.29) is 25.0 Å². The average Bonchev–Trinajstić information content (AvgIpc) is 2.54. The maximum Gasteiger partial charge on any atom is 0.320 e. The van der Waals surface area contributed by atoms with Crippen molar-refractivity contribution in [1.29, 1.82) is 0 Å². The van der Waals surface area contributed by atoms with E-state index >= 15 is 0 Å². The zero-order chi connectivity index (χ0) is 18.8. The van der Waals surface area contributed by atoms with Gasteiger partial charge >= 0.3 is 5.97 Å². The summed E-state index contributed by atoms with van der Waals surface area (Å²) in [5, 5.41) is 2.81. The fourth-order valence-electron chi connectivity index (χ4n) is 2.40. The molecule has 0 aliphatic carbocycles. The molecule has 1 amide bonds. The molecule has 25 heavy (non-hydrogen) atoms. The number of ether oxygens (including phenoxy) is 3. The maximum atomic E-state index is 12.4. The number of anilines is 1. The summed E-state index contributed by atoms with van der Waals surface area (Å²) >= 11 is 0. The van der Waals surface area contributed by atoms with Gasteiger partial charge in [-0.3, -0.25) is 14.5 Å². The highest BCUT2D eigenvalue weighted by Crippen LogP contribution is 2.28. The molecule has 0 unspecified atom stereocenters. The van der Waals surface area contributed by atoms with Gasteiger partial charge in [-0.1, -0.05) is 13.8 Å². The Bertz CT molecular complexity index is 575. The van der Waals surface area contributed by atoms with Crippen molar-refractivity contribution in [3.63, 3.8) is 0 Å². The van der Waals surface area contributed by atoms with Crippen LogP contribution in [0.15, 0.2) is 18.2 Å². The number of methoxy groups -OCH3 is 2. The normalized spacial score (nSPS) is 10.7. The fourth-order valence-corrected chi connectivity index (χ4v) is 2.40. The van der Waals surface area contributed by atoms with Gasteiger partial charge in [0.1, 0.15) is 11.5 Å². The molecule has 0 heterocycles. The highest BCUT2D eigenvalue weighted by Gasteiger charge is 2.18. The molecule has 0 bridgehead atoms. The van der Waals surface area contributed by atoms with E-state index in [0.29, 0.717) is 36.3 Å². The van der Waals surface area contributed by atoms with E-state index in [1.165, 1.54) is 7.11 Å². The van der Waals surface area contributed by atoms with Crippen molar-refractivity contribution in [3.05, 3.63) is 18.2 Å². The Hall–Kier alpha value is -2.28. The molecule has 7 heteroatoms. The lowest BCUT2D eigenvalue weighted by molar-refractivity contribution is -0.144. The zero-order valence-electron chi connectivity index (χ0n) is 15.6. The maximum absolute atomic E-state index is 12.4. The molecule has 140 valence electrons. The number of hydrogen-bond donors (Lipinski definition) is 1. The third-order valence-corrected chi connectivity index (χ3v) is 3.33. The molecule has 0 radical (unpaired) electrons. The van der Waals surface area contributed by atoms with Gasteiger partial charge in [0, 0.05) is 12.6 Å². The van der Waals surface area contributed by atoms with E-state index in [4.69, 9.17) is 14.2 Å². The first-order valence-electron chi connectivity index (χ1n) is 8.29. The Labute approximate surface area is 149 Å². The molecule has 0 atom stereocenters. The van der Waals surface area contributed by atoms with Crippen molar-refractivity contribution in [2.75, 3.05) is 45.8 Å². The van der Waals surface area contributed by atoms with Crippen LogP contribution in [0, 0.1) is 5.92 Å². The summed E-state index contributed by atoms with van der Waals surface area (Å²) in [7, 11) is 3.08. The lowest BCUT2D eigenvalue weighted by atomic mass is 10.2. The van der Waals surface area contributed by atoms with Crippen molar-refractivity contribution >= 4 is 17.6 Å². The summed E-state index contributed by atoms with van der Waals surface area (Å²) in [6.45, 7) is 6.91. The number of hydrogen-bond acceptors (Lipinski definition) is 6. The minimum Gasteiger partial charge on any atom is -0.497 e. The second-order valence-corrected chi connectivity index (χ2v) is 5.98. The monoisotopic (exact) mass is 352 g/mol. The van der Waals surface area contributed by atoms with Gasteiger partial charge in [0.2, 0.25) is 5.91 Å². The molecule has 0 aromatic heterocycles. The highest BCUT2D eigenvalue weighted by molar-refractivity contribution is 5.94. The third kappa shape index (κ3) is 7.43. The van der Waals surface area contributed by atoms with E-state index in [2.05, 4.69) is 5.32 Å². The van der Waals surface area contributed by atoms with Crippen LogP contribution in [0.5, 0.6) is 11.5 Å². The number of amides is 1. The topological polar surface area (TPSA) is 77.1 Å². The first-order valence-corrected chi connectivity index (χ1v) is 8.29. The molecule has 1 N–H and O–H groups in total. The average molecular weight is 352 g/mol. The van der Waals surface area contributed by atoms with Crippen LogP contribution in [-0.2, 0) is 14.3 Å². The third-order valence-electron chi connectivity index (χ3n) is 3.33. The Balaban J connectivity index is 2.78. The summed E-state index contributed by atoms with van der Waals surface area (Å²) < 4.78 is 15.4. The lowest BCUT2D eigenvalue weighted by Crippen LogP contribution is -2.39. The number of nitrogens with zero attached hydrogens (tertiary/aromatic N) is 1. The predicted octanol–water partition coefficient (Wildman–Crippen LogP) is 2.16. The Morgan fingerprint density at radius 3 is 2.44 bits per heavy atom. The molecule has 0 aliphatic rings. The summed E-state index contributed by atoms with van der Waals surface area (Å²) in [5.41, 5.74) is 0.521. The Morgan fingerprint density at radius 1 is 1.16 bits per heavy atom. The van der Waals surface area contributed by atoms with Crippen LogP contribution < -0.4 is 14.8 Å². The number of esters is 1. The Morgan fingerprint density at radius 2 is 1.88 bits per heavy atom. The molecular weight excluding hydrogens is 324 g/mol. The summed E-state index contributed by atoms with van der Waals surface area (Å²) in [5.74, 6) is 0.886. The van der Waals surface area contributed by atoms with Crippen LogP contribution in [0.25, 0.3) is 0 Å². The SMILES string of the molecule is CCOC(=O)CN(CC(=O)Nc1cc(OC)ccc1OC)CC(C)C. The van der Waals surface area contributed by atoms with Crippen molar-refractivity contribution in [1.82, 2.24) is 4.90 Å². The van der Waals surface area contributed by atoms with Gasteiger partial charge in [0.25, 0.3) is 0 Å². The minimum absolute atomic E-state index is 0.0781. The van der Waals surface area contributed by atoms with Crippen LogP contribution >= 0.6 is 0 Å². The van der Waals surface area contributed by atoms with Crippen molar-refractivity contribution in [3.8, 4) is 11.5 Å². The molecule has 7 nitrogen and oxygen atoms in total. The van der Waals surface area contributed by atoms with E-state index in [1.54, 1.807) is 37.1 Å². The highest BCUT2D eigenvalue weighted by atomic mass is 16.5. The molecule has 1 aromatic rings. The number of nitrogens with one attached hydrogen (secondary N) is 1. The molecule has 1 aromatic carbocycles. The van der Waals surface area contributed by atoms with Gasteiger partial charge in [-0.05, 0) is 25.0 Å². The smallest absolute Gasteiger partial charge is 0.320 e. The molecule has 0 saturated heterocycles. The van der Waals surface area contributed by atoms with Gasteiger partial charge < -0.3 is 19.5 Å². The van der Waals surface area contributed by atoms with E-state index in [1.807, 2.05) is 13.8 Å². The van der Waals surface area contributed by atoms with E-state index in [9.17, 15) is 9.59 Å². The van der Waals surface area contributed by atoms with Gasteiger partial charge in [-0.15, -0.1) is 0 Å². The molecule has 1 rings (SSSR count). The number of benzene rings is 1. The Kier molecular flexibility index (Phi) is 8.77. The van der Waals surface area contributed by atoms with Gasteiger partial charge in [-0.2, -0.15) is 0 Å². The van der Waals surface area contributed by atoms with Crippen molar-refractivity contribution in [2.45, 2.75) is 20.8 Å². The number of carbonyl (C=O) groups excluding carboxylic acids is 2. The molecule has 0 aliphatic heterocycles. The number of rotatable bonds is 10. The first kappa shape index (κ1) is 20.8. The van der Waals surface area contributed by atoms with E-state index < -0.39 is 0 Å². The molecule has 0 spiro atoms. The van der Waals surface area contributed by atoms with Crippen molar-refractivity contribution < 1.29 is 23.8 Å². The fraction of sp³-hybridized carbons (Fsp3) is 0.556. The van der Waals surface area contributed by atoms with Gasteiger partial charge in [0.05, 0.1) is 39.6 Å². The van der Waals surface area contributed by atoms with Crippen molar-refractivity contribution in [2.24, 2.45) is 5.92 Å². The largest absolute Gasteiger partial charge is 0.497 e. The second-order valence-electron chi connectivity index (χ2n) is 5.98. The van der Waals surface area contributed by atoms with Crippen LogP contribution in [0.3, 0.4) is 0 Å². The summed E-state index contributed by atoms with van der Waals surface area (Å²) in [6.07, 6.45) is 0. The molecule has 0 saturated carbocycles. The predicted molar refractivity (Wildman–Crippen MR) is 96.1 cm³/mol. The second kappa shape index (κ2) is 10.6. The van der Waals surface area contributed by atoms with Gasteiger partial charge in [-0.25, -0.2) is 0 Å². The quantitative estimate of drug-likeness (QED) is 0.650.